The molecule has 0 aliphatic rings. The number of hydrogen-bond acceptors (Lipinski definition) is 3. The van der Waals surface area contributed by atoms with Crippen molar-refractivity contribution in [1.29, 1.82) is 0 Å². The first kappa shape index (κ1) is 23.1. The van der Waals surface area contributed by atoms with Crippen LogP contribution in [-0.4, -0.2) is 27.0 Å². The number of rotatable bonds is 12. The molecule has 0 aromatic rings. The molecule has 0 amide bonds. The van der Waals surface area contributed by atoms with Gasteiger partial charge < -0.3 is 9.16 Å². The second-order valence-corrected chi connectivity index (χ2v) is 11.3. The molecule has 0 fully saturated rings. The van der Waals surface area contributed by atoms with Crippen LogP contribution in [0.5, 0.6) is 0 Å². The smallest absolute Gasteiger partial charge is 0.330 e. The van der Waals surface area contributed by atoms with Crippen LogP contribution in [0.4, 0.5) is 0 Å². The van der Waals surface area contributed by atoms with Crippen molar-refractivity contribution in [2.24, 2.45) is 5.92 Å². The van der Waals surface area contributed by atoms with E-state index in [-0.39, 0.29) is 5.97 Å². The molecule has 0 aliphatic carbocycles. The van der Waals surface area contributed by atoms with Crippen LogP contribution in [0, 0.1) is 5.92 Å². The molecule has 0 radical (unpaired) electrons. The Morgan fingerprint density at radius 2 is 1.67 bits per heavy atom. The average molecular weight is 355 g/mol. The maximum Gasteiger partial charge on any atom is 0.330 e. The van der Waals surface area contributed by atoms with Crippen LogP contribution in [0.2, 0.25) is 18.1 Å². The lowest BCUT2D eigenvalue weighted by atomic mass is 10.0. The number of hydrogen-bond donors (Lipinski definition) is 0. The summed E-state index contributed by atoms with van der Waals surface area (Å²) in [6.07, 6.45) is 8.07. The first-order chi connectivity index (χ1) is 11.4. The molecule has 140 valence electrons. The Morgan fingerprint density at radius 3 is 2.12 bits per heavy atom. The van der Waals surface area contributed by atoms with Crippen molar-refractivity contribution < 1.29 is 14.0 Å². The van der Waals surface area contributed by atoms with Gasteiger partial charge in [0.25, 0.3) is 0 Å². The van der Waals surface area contributed by atoms with E-state index in [2.05, 4.69) is 46.8 Å². The molecular formula is C20H38O3Si. The van der Waals surface area contributed by atoms with Gasteiger partial charge in [-0.3, -0.25) is 0 Å². The highest BCUT2D eigenvalue weighted by Gasteiger charge is 2.32. The van der Waals surface area contributed by atoms with Gasteiger partial charge in [-0.05, 0) is 50.7 Å². The van der Waals surface area contributed by atoms with E-state index in [1.807, 2.05) is 13.8 Å². The van der Waals surface area contributed by atoms with Gasteiger partial charge >= 0.3 is 5.97 Å². The number of ether oxygens (including phenoxy) is 1. The Morgan fingerprint density at radius 1 is 1.08 bits per heavy atom. The van der Waals surface area contributed by atoms with Crippen molar-refractivity contribution in [2.75, 3.05) is 6.61 Å². The van der Waals surface area contributed by atoms with Crippen LogP contribution in [0.15, 0.2) is 23.8 Å². The predicted octanol–water partition coefficient (Wildman–Crippen LogP) is 5.88. The minimum Gasteiger partial charge on any atom is -0.463 e. The van der Waals surface area contributed by atoms with Gasteiger partial charge in [-0.2, -0.15) is 0 Å². The molecule has 0 N–H and O–H groups in total. The molecule has 0 aliphatic heterocycles. The molecule has 4 heteroatoms. The van der Waals surface area contributed by atoms with Crippen LogP contribution >= 0.6 is 0 Å². The summed E-state index contributed by atoms with van der Waals surface area (Å²) in [7, 11) is -1.56. The summed E-state index contributed by atoms with van der Waals surface area (Å²) in [4.78, 5) is 11.4. The Hall–Kier alpha value is -0.873. The topological polar surface area (TPSA) is 35.5 Å². The number of carbonyl (C=O) groups excluding carboxylic acids is 1. The molecule has 0 saturated heterocycles. The lowest BCUT2D eigenvalue weighted by Crippen LogP contribution is -2.41. The van der Waals surface area contributed by atoms with Gasteiger partial charge in [0, 0.05) is 6.08 Å². The van der Waals surface area contributed by atoms with Crippen LogP contribution in [0.25, 0.3) is 0 Å². The van der Waals surface area contributed by atoms with E-state index in [0.29, 0.717) is 18.6 Å². The molecule has 24 heavy (non-hydrogen) atoms. The van der Waals surface area contributed by atoms with Crippen molar-refractivity contribution >= 4 is 14.3 Å². The summed E-state index contributed by atoms with van der Waals surface area (Å²) in [5.74, 6) is 0.137. The number of esters is 1. The number of allylic oxidation sites excluding steroid dienone is 2. The van der Waals surface area contributed by atoms with Gasteiger partial charge in [0.2, 0.25) is 0 Å². The highest BCUT2D eigenvalue weighted by atomic mass is 28.4. The minimum absolute atomic E-state index is 0.254. The zero-order valence-electron chi connectivity index (χ0n) is 16.9. The molecule has 3 nitrogen and oxygen atoms in total. The molecular weight excluding hydrogens is 316 g/mol. The zero-order valence-corrected chi connectivity index (χ0v) is 17.9. The average Bonchev–Trinajstić information content (AvgIpc) is 2.56. The second kappa shape index (κ2) is 12.5. The fourth-order valence-electron chi connectivity index (χ4n) is 2.92. The van der Waals surface area contributed by atoms with Crippen LogP contribution in [-0.2, 0) is 14.0 Å². The summed E-state index contributed by atoms with van der Waals surface area (Å²) in [6.45, 7) is 15.5. The fraction of sp³-hybridized carbons (Fsp3) is 0.750. The van der Waals surface area contributed by atoms with E-state index in [1.54, 1.807) is 6.08 Å². The molecule has 0 aromatic heterocycles. The third-order valence-electron chi connectivity index (χ3n) is 4.85. The van der Waals surface area contributed by atoms with Crippen LogP contribution in [0.1, 0.15) is 61.3 Å². The first-order valence-corrected chi connectivity index (χ1v) is 12.1. The minimum atomic E-state index is -1.56. The first-order valence-electron chi connectivity index (χ1n) is 9.56. The highest BCUT2D eigenvalue weighted by molar-refractivity contribution is 6.73. The molecule has 0 bridgehead atoms. The molecule has 0 aromatic carbocycles. The maximum atomic E-state index is 11.4. The Labute approximate surface area is 150 Å². The highest BCUT2D eigenvalue weighted by Crippen LogP contribution is 2.27. The van der Waals surface area contributed by atoms with Gasteiger partial charge in [0.1, 0.15) is 0 Å². The Kier molecular flexibility index (Phi) is 12.0. The molecule has 0 rings (SSSR count). The predicted molar refractivity (Wildman–Crippen MR) is 106 cm³/mol. The van der Waals surface area contributed by atoms with Crippen molar-refractivity contribution in [2.45, 2.75) is 85.5 Å². The van der Waals surface area contributed by atoms with Crippen LogP contribution < -0.4 is 0 Å². The Bertz CT molecular complexity index is 403. The van der Waals surface area contributed by atoms with Crippen molar-refractivity contribution in [3.63, 3.8) is 0 Å². The maximum absolute atomic E-state index is 11.4. The third-order valence-corrected chi connectivity index (χ3v) is 9.52. The lowest BCUT2D eigenvalue weighted by molar-refractivity contribution is -0.137. The van der Waals surface area contributed by atoms with E-state index in [4.69, 9.17) is 9.16 Å². The van der Waals surface area contributed by atoms with Gasteiger partial charge in [0.15, 0.2) is 8.32 Å². The standard InChI is InChI=1S/C20H38O3Si/c1-8-19(23-24(10-3,11-4)12-5)18(7)15-13-14-17(6)16-20(21)22-9-2/h13,15-16,18-19H,8-12,14H2,1-7H3/b15-13+,17-16+/t18-,19-/m0/s1. The van der Waals surface area contributed by atoms with E-state index in [9.17, 15) is 4.79 Å². The van der Waals surface area contributed by atoms with Crippen LogP contribution in [0.3, 0.4) is 0 Å². The van der Waals surface area contributed by atoms with Crippen molar-refractivity contribution in [3.8, 4) is 0 Å². The molecule has 0 unspecified atom stereocenters. The molecule has 0 saturated carbocycles. The Balaban J connectivity index is 4.70. The largest absolute Gasteiger partial charge is 0.463 e. The summed E-state index contributed by atoms with van der Waals surface area (Å²) in [5.41, 5.74) is 1.02. The molecule has 2 atom stereocenters. The molecule has 0 heterocycles. The second-order valence-electron chi connectivity index (χ2n) is 6.54. The number of carbonyl (C=O) groups is 1. The zero-order chi connectivity index (χ0) is 18.6. The van der Waals surface area contributed by atoms with E-state index in [1.165, 1.54) is 18.1 Å². The third kappa shape index (κ3) is 8.29. The van der Waals surface area contributed by atoms with Gasteiger partial charge in [-0.25, -0.2) is 4.79 Å². The van der Waals surface area contributed by atoms with E-state index >= 15 is 0 Å². The summed E-state index contributed by atoms with van der Waals surface area (Å²) in [5, 5.41) is 0. The van der Waals surface area contributed by atoms with Gasteiger partial charge in [-0.1, -0.05) is 52.3 Å². The molecule has 0 spiro atoms. The van der Waals surface area contributed by atoms with E-state index < -0.39 is 8.32 Å². The van der Waals surface area contributed by atoms with Gasteiger partial charge in [-0.15, -0.1) is 0 Å². The monoisotopic (exact) mass is 354 g/mol. The quantitative estimate of drug-likeness (QED) is 0.190. The lowest BCUT2D eigenvalue weighted by Gasteiger charge is -2.35. The van der Waals surface area contributed by atoms with Crippen molar-refractivity contribution in [3.05, 3.63) is 23.8 Å². The summed E-state index contributed by atoms with van der Waals surface area (Å²) in [6, 6.07) is 3.57. The van der Waals surface area contributed by atoms with Crippen molar-refractivity contribution in [1.82, 2.24) is 0 Å². The summed E-state index contributed by atoms with van der Waals surface area (Å²) >= 11 is 0. The fourth-order valence-corrected chi connectivity index (χ4v) is 5.94. The summed E-state index contributed by atoms with van der Waals surface area (Å²) < 4.78 is 11.6. The van der Waals surface area contributed by atoms with E-state index in [0.717, 1.165) is 18.4 Å². The normalized spacial score (nSPS) is 15.5. The van der Waals surface area contributed by atoms with Gasteiger partial charge in [0.05, 0.1) is 12.7 Å². The SMILES string of the molecule is CCOC(=O)/C=C(\C)C/C=C/[C@H](C)[C@H](CC)O[Si](CC)(CC)CC.